The smallest absolute Gasteiger partial charge is 0.268 e. The van der Waals surface area contributed by atoms with Gasteiger partial charge in [-0.15, -0.1) is 0 Å². The van der Waals surface area contributed by atoms with Gasteiger partial charge < -0.3 is 15.6 Å². The Morgan fingerprint density at radius 1 is 0.982 bits per heavy atom. The number of rotatable bonds is 14. The summed E-state index contributed by atoms with van der Waals surface area (Å²) in [4.78, 5) is 26.7. The molecule has 0 amide bonds. The minimum atomic E-state index is -2.81. The lowest BCUT2D eigenvalue weighted by Crippen LogP contribution is -2.41. The Bertz CT molecular complexity index is 2140. The van der Waals surface area contributed by atoms with Gasteiger partial charge in [0.2, 0.25) is 5.92 Å². The highest BCUT2D eigenvalue weighted by molar-refractivity contribution is 6.35. The topological polar surface area (TPSA) is 86.9 Å². The second kappa shape index (κ2) is 17.4. The zero-order valence-corrected chi connectivity index (χ0v) is 33.1. The maximum Gasteiger partial charge on any atom is 0.268 e. The summed E-state index contributed by atoms with van der Waals surface area (Å²) in [6.07, 6.45) is -0.0311. The van der Waals surface area contributed by atoms with Crippen molar-refractivity contribution in [2.75, 3.05) is 31.5 Å². The Labute approximate surface area is 332 Å². The van der Waals surface area contributed by atoms with E-state index in [4.69, 9.17) is 27.0 Å². The minimum absolute atomic E-state index is 0.0113. The molecule has 57 heavy (non-hydrogen) atoms. The molecule has 6 rings (SSSR count). The molecule has 1 saturated heterocycles. The Morgan fingerprint density at radius 3 is 2.25 bits per heavy atom. The highest BCUT2D eigenvalue weighted by atomic mass is 35.5. The Hall–Kier alpha value is -4.04. The predicted octanol–water partition coefficient (Wildman–Crippen LogP) is 10.8. The molecular formula is C42H48ClF7N6O. The molecule has 1 saturated carbocycles. The van der Waals surface area contributed by atoms with Crippen molar-refractivity contribution >= 4 is 34.0 Å². The van der Waals surface area contributed by atoms with E-state index < -0.39 is 47.5 Å². The standard InChI is InChI=1S/C42H48ClF7N6O/c1-4-5-32(51)36-31(43)6-7-34(37(36)52-14-17-55-15-12-42(49,50)13-16-55)56-39(30(24(2)3)20-25-18-28(45)22-29(46)19-25)54-38-35(40(56)57)27(23-44)21-33(53-38)26-8-10-41(47,48)11-9-26/h6-7,18-19,21-22,24,26,30,51-52H,4-5,8-17,20,23H2,1-3H3. The Balaban J connectivity index is 1.57. The van der Waals surface area contributed by atoms with Crippen LogP contribution >= 0.6 is 11.6 Å². The fourth-order valence-corrected chi connectivity index (χ4v) is 8.35. The average molecular weight is 821 g/mol. The van der Waals surface area contributed by atoms with Gasteiger partial charge >= 0.3 is 0 Å². The molecule has 15 heteroatoms. The zero-order valence-electron chi connectivity index (χ0n) is 32.3. The van der Waals surface area contributed by atoms with Crippen LogP contribution in [0.4, 0.5) is 36.4 Å². The van der Waals surface area contributed by atoms with E-state index in [9.17, 15) is 26.3 Å². The monoisotopic (exact) mass is 820 g/mol. The van der Waals surface area contributed by atoms with Crippen LogP contribution in [0.2, 0.25) is 5.02 Å². The van der Waals surface area contributed by atoms with Crippen LogP contribution in [0.1, 0.15) is 112 Å². The van der Waals surface area contributed by atoms with Crippen molar-refractivity contribution in [3.8, 4) is 5.69 Å². The number of halogens is 8. The first-order valence-corrected chi connectivity index (χ1v) is 20.0. The first-order chi connectivity index (χ1) is 27.0. The zero-order chi connectivity index (χ0) is 41.2. The number of hydrogen-bond donors (Lipinski definition) is 2. The molecule has 4 aromatic rings. The first kappa shape index (κ1) is 42.6. The van der Waals surface area contributed by atoms with Gasteiger partial charge in [0.1, 0.15) is 24.1 Å². The van der Waals surface area contributed by atoms with E-state index in [0.717, 1.165) is 6.07 Å². The summed E-state index contributed by atoms with van der Waals surface area (Å²) in [7, 11) is 0. The Morgan fingerprint density at radius 2 is 1.63 bits per heavy atom. The van der Waals surface area contributed by atoms with Crippen molar-refractivity contribution in [2.45, 2.75) is 109 Å². The SMILES string of the molecule is CCCC(=N)c1c(Cl)ccc(-n2c(C(Cc3cc(F)cc(F)c3)C(C)C)nc3nc(C4CCC(F)(F)CC4)cc(CF)c3c2=O)c1NCCN1CCC(F)(F)CC1. The number of aromatic nitrogens is 3. The molecule has 7 nitrogen and oxygen atoms in total. The fraction of sp³-hybridized carbons (Fsp3) is 0.524. The highest BCUT2D eigenvalue weighted by Gasteiger charge is 2.37. The molecule has 0 radical (unpaired) electrons. The number of benzene rings is 2. The van der Waals surface area contributed by atoms with E-state index in [1.165, 1.54) is 22.8 Å². The van der Waals surface area contributed by atoms with Gasteiger partial charge in [0.15, 0.2) is 5.65 Å². The summed E-state index contributed by atoms with van der Waals surface area (Å²) in [6, 6.07) is 7.76. The van der Waals surface area contributed by atoms with Crippen LogP contribution in [0.25, 0.3) is 16.7 Å². The number of hydrogen-bond acceptors (Lipinski definition) is 6. The van der Waals surface area contributed by atoms with Gasteiger partial charge in [-0.25, -0.2) is 40.7 Å². The molecule has 1 aliphatic heterocycles. The number of nitrogens with zero attached hydrogens (tertiary/aromatic N) is 4. The van der Waals surface area contributed by atoms with Gasteiger partial charge in [-0.3, -0.25) is 9.36 Å². The number of anilines is 1. The molecule has 0 spiro atoms. The summed E-state index contributed by atoms with van der Waals surface area (Å²) in [5, 5.41) is 12.5. The molecule has 1 aliphatic carbocycles. The van der Waals surface area contributed by atoms with Crippen molar-refractivity contribution in [2.24, 2.45) is 5.92 Å². The van der Waals surface area contributed by atoms with Crippen LogP contribution in [0.3, 0.4) is 0 Å². The Kier molecular flexibility index (Phi) is 13.0. The average Bonchev–Trinajstić information content (AvgIpc) is 3.14. The van der Waals surface area contributed by atoms with E-state index in [-0.39, 0.29) is 109 Å². The molecule has 2 aromatic heterocycles. The molecule has 2 aliphatic rings. The lowest BCUT2D eigenvalue weighted by molar-refractivity contribution is -0.0543. The van der Waals surface area contributed by atoms with Gasteiger partial charge in [-0.1, -0.05) is 38.8 Å². The number of likely N-dealkylation sites (tertiary alicyclic amines) is 1. The van der Waals surface area contributed by atoms with E-state index in [1.807, 2.05) is 25.7 Å². The van der Waals surface area contributed by atoms with E-state index in [1.54, 1.807) is 12.1 Å². The number of fused-ring (bicyclic) bond motifs is 1. The largest absolute Gasteiger partial charge is 0.381 e. The van der Waals surface area contributed by atoms with Crippen LogP contribution in [0.15, 0.2) is 41.2 Å². The van der Waals surface area contributed by atoms with E-state index in [2.05, 4.69) is 5.32 Å². The molecule has 2 aromatic carbocycles. The summed E-state index contributed by atoms with van der Waals surface area (Å²) in [5.74, 6) is -8.35. The lowest BCUT2D eigenvalue weighted by Gasteiger charge is -2.32. The second-order valence-electron chi connectivity index (χ2n) is 15.8. The number of pyridine rings is 1. The molecule has 3 heterocycles. The summed E-state index contributed by atoms with van der Waals surface area (Å²) in [5.41, 5.74) is 0.915. The van der Waals surface area contributed by atoms with Crippen LogP contribution in [-0.2, 0) is 13.1 Å². The van der Waals surface area contributed by atoms with E-state index in [0.29, 0.717) is 41.9 Å². The van der Waals surface area contributed by atoms with Crippen molar-refractivity contribution in [3.05, 3.63) is 91.6 Å². The molecule has 1 unspecified atom stereocenters. The van der Waals surface area contributed by atoms with Gasteiger partial charge in [0.05, 0.1) is 21.8 Å². The third-order valence-corrected chi connectivity index (χ3v) is 11.6. The van der Waals surface area contributed by atoms with Crippen molar-refractivity contribution in [1.82, 2.24) is 19.4 Å². The maximum absolute atomic E-state index is 15.1. The van der Waals surface area contributed by atoms with Crippen molar-refractivity contribution < 1.29 is 30.7 Å². The van der Waals surface area contributed by atoms with Gasteiger partial charge in [-0.05, 0) is 67.5 Å². The van der Waals surface area contributed by atoms with Gasteiger partial charge in [0, 0.05) is 92.3 Å². The molecule has 2 N–H and O–H groups in total. The summed E-state index contributed by atoms with van der Waals surface area (Å²) < 4.78 is 102. The first-order valence-electron chi connectivity index (χ1n) is 19.6. The van der Waals surface area contributed by atoms with Crippen LogP contribution in [0.5, 0.6) is 0 Å². The minimum Gasteiger partial charge on any atom is -0.381 e. The van der Waals surface area contributed by atoms with E-state index >= 15 is 9.18 Å². The van der Waals surface area contributed by atoms with Crippen molar-refractivity contribution in [1.29, 1.82) is 5.41 Å². The summed E-state index contributed by atoms with van der Waals surface area (Å²) >= 11 is 6.80. The predicted molar refractivity (Wildman–Crippen MR) is 210 cm³/mol. The molecule has 1 atom stereocenters. The normalized spacial score (nSPS) is 18.0. The molecular weight excluding hydrogens is 773 g/mol. The maximum atomic E-state index is 15.1. The molecule has 308 valence electrons. The van der Waals surface area contributed by atoms with Gasteiger partial charge in [-0.2, -0.15) is 0 Å². The summed E-state index contributed by atoms with van der Waals surface area (Å²) in [6.45, 7) is 5.54. The second-order valence-corrected chi connectivity index (χ2v) is 16.2. The van der Waals surface area contributed by atoms with Crippen LogP contribution in [0, 0.1) is 23.0 Å². The lowest BCUT2D eigenvalue weighted by atomic mass is 9.84. The van der Waals surface area contributed by atoms with Crippen LogP contribution in [-0.4, -0.2) is 63.2 Å². The van der Waals surface area contributed by atoms with Crippen LogP contribution < -0.4 is 10.9 Å². The molecule has 0 bridgehead atoms. The fourth-order valence-electron chi connectivity index (χ4n) is 8.08. The van der Waals surface area contributed by atoms with Gasteiger partial charge in [0.25, 0.3) is 11.5 Å². The number of alkyl halides is 5. The van der Waals surface area contributed by atoms with Crippen molar-refractivity contribution in [3.63, 3.8) is 0 Å². The third-order valence-electron chi connectivity index (χ3n) is 11.3. The number of nitrogens with one attached hydrogen (secondary N) is 2. The number of piperidine rings is 1. The quantitative estimate of drug-likeness (QED) is 0.0977. The molecule has 2 fully saturated rings. The third kappa shape index (κ3) is 9.64. The highest BCUT2D eigenvalue weighted by Crippen LogP contribution is 2.42.